The fraction of sp³-hybridized carbons (Fsp3) is 0.651. The Morgan fingerprint density at radius 2 is 0.914 bits per heavy atom. The van der Waals surface area contributed by atoms with Crippen LogP contribution in [-0.2, 0) is 67.9 Å². The van der Waals surface area contributed by atoms with Crippen LogP contribution in [-0.4, -0.2) is 168 Å². The summed E-state index contributed by atoms with van der Waals surface area (Å²) in [7, 11) is -6.36. The van der Waals surface area contributed by atoms with E-state index < -0.39 is 210 Å². The van der Waals surface area contributed by atoms with Gasteiger partial charge in [0.05, 0.1) is 96.8 Å². The van der Waals surface area contributed by atoms with Gasteiger partial charge in [0.15, 0.2) is 22.8 Å². The number of nitrogens with zero attached hydrogens (tertiary/aromatic N) is 4. The standard InChI is InChI=1S/2C43H57F2N3O9S/c2*1-8-27-19-26(2)13-9-10-14-28-22-43(28,39(52)47-58(53,54)41(5)17-18-41)23-34(49)33-20-29(56-37-31-16-12-11-15-30(31)35(55-7)24-46-37)25-48(33)38(51)32(27)21-36(50)57-40(3,4)42(6,44)45/h2*10-12,14-16,24,26-29,32-33H,8-9,13,17-23,25H2,1-7H3,(H,47,52)/b2*14-10-/t26-,27+,28+,29+,32-,33-,43+;26-,27-,28-,29-,32+,33+,43-/m01/s1/i2*5D3. The molecule has 2 saturated heterocycles. The van der Waals surface area contributed by atoms with Crippen molar-refractivity contribution in [2.24, 2.45) is 58.2 Å². The number of allylic oxidation sites excluding steroid dienone is 4. The number of hydrogen-bond acceptors (Lipinski definition) is 20. The van der Waals surface area contributed by atoms with Crippen molar-refractivity contribution in [2.45, 2.75) is 268 Å². The number of ketones is 2. The van der Waals surface area contributed by atoms with Gasteiger partial charge in [-0.1, -0.05) is 101 Å². The van der Waals surface area contributed by atoms with Gasteiger partial charge in [-0.3, -0.25) is 47.8 Å². The number of aromatic nitrogens is 2. The molecular weight excluding hydrogens is 1550 g/mol. The maximum atomic E-state index is 15.1. The average molecular weight is 1670 g/mol. The van der Waals surface area contributed by atoms with Crippen LogP contribution >= 0.6 is 0 Å². The SMILES string of the molecule is [2H]C([2H])([2H])C1(S(=O)(=O)NC(=O)[C@]23CC(=O)[C@@H]4C[C@@H](Oc5ncc(OC)c6ccccc56)CN4C(=O)[C@@H](CC(=O)OC(C)(C)C(C)(F)F)[C@H](CC)C[C@@H](C)CC/C=C\[C@@H]2C3)CC1.[2H]C([2H])([2H])C1(S(=O)(=O)NC(=O)[C@]23CC(=O)[C@@H]4C[C@@H](Oc5ncc(OC)c6ccccc56)CN4C(=O)[C@@H](CC(=O)OC(C)(C)C(C)(F)F)[C@H](CC)C[C@H](C)CC/C=C\[C@@H]2C3)CC1. The minimum atomic E-state index is -4.69. The highest BCUT2D eigenvalue weighted by Crippen LogP contribution is 2.60. The highest BCUT2D eigenvalue weighted by Gasteiger charge is 2.65. The summed E-state index contributed by atoms with van der Waals surface area (Å²) in [4.78, 5) is 127. The number of nitrogens with one attached hydrogen (secondary N) is 2. The van der Waals surface area contributed by atoms with Gasteiger partial charge < -0.3 is 38.2 Å². The van der Waals surface area contributed by atoms with E-state index in [1.54, 1.807) is 36.4 Å². The summed E-state index contributed by atoms with van der Waals surface area (Å²) >= 11 is 0. The molecule has 4 aliphatic heterocycles. The Balaban J connectivity index is 0.000000238. The first kappa shape index (κ1) is 80.2. The van der Waals surface area contributed by atoms with E-state index in [1.165, 1.54) is 36.4 Å². The number of rotatable bonds is 22. The van der Waals surface area contributed by atoms with Crippen molar-refractivity contribution in [1.82, 2.24) is 29.2 Å². The fourth-order valence-corrected chi connectivity index (χ4v) is 19.4. The van der Waals surface area contributed by atoms with Crippen LogP contribution in [0.25, 0.3) is 21.5 Å². The molecule has 2 N–H and O–H groups in total. The maximum absolute atomic E-state index is 15.1. The Hall–Kier alpha value is -8.28. The van der Waals surface area contributed by atoms with Gasteiger partial charge in [-0.2, -0.15) is 0 Å². The van der Waals surface area contributed by atoms with Crippen LogP contribution in [0, 0.1) is 58.2 Å². The largest absolute Gasteiger partial charge is 0.494 e. The number of carbonyl (C=O) groups excluding carboxylic acids is 8. The second kappa shape index (κ2) is 33.8. The third kappa shape index (κ3) is 18.9. The summed E-state index contributed by atoms with van der Waals surface area (Å²) in [6.45, 7) is 7.41. The number of amides is 4. The maximum Gasteiger partial charge on any atom is 0.307 e. The Kier molecular flexibility index (Phi) is 23.4. The van der Waals surface area contributed by atoms with Crippen molar-refractivity contribution in [3.05, 3.63) is 85.2 Å². The summed E-state index contributed by atoms with van der Waals surface area (Å²) in [5.41, 5.74) is -7.46. The molecule has 636 valence electrons. The molecule has 12 rings (SSSR count). The number of methoxy groups -OCH3 is 2. The minimum absolute atomic E-state index is 0.0241. The van der Waals surface area contributed by atoms with Crippen LogP contribution in [0.15, 0.2) is 85.2 Å². The Labute approximate surface area is 686 Å². The van der Waals surface area contributed by atoms with Crippen molar-refractivity contribution in [3.8, 4) is 23.3 Å². The molecule has 30 heteroatoms. The molecule has 2 aromatic carbocycles. The van der Waals surface area contributed by atoms with Crippen molar-refractivity contribution < 1.29 is 109 Å². The molecule has 0 spiro atoms. The number of pyridine rings is 2. The number of benzene rings is 2. The van der Waals surface area contributed by atoms with E-state index >= 15 is 9.59 Å². The van der Waals surface area contributed by atoms with E-state index in [-0.39, 0.29) is 88.1 Å². The molecule has 4 saturated carbocycles. The lowest BCUT2D eigenvalue weighted by Gasteiger charge is -2.35. The zero-order valence-electron chi connectivity index (χ0n) is 74.0. The fourth-order valence-electron chi connectivity index (χ4n) is 16.8. The molecule has 4 amide bonds. The highest BCUT2D eigenvalue weighted by atomic mass is 32.2. The van der Waals surface area contributed by atoms with Crippen molar-refractivity contribution in [1.29, 1.82) is 0 Å². The Morgan fingerprint density at radius 1 is 0.560 bits per heavy atom. The van der Waals surface area contributed by atoms with Gasteiger partial charge >= 0.3 is 11.9 Å². The van der Waals surface area contributed by atoms with E-state index in [0.717, 1.165) is 27.7 Å². The summed E-state index contributed by atoms with van der Waals surface area (Å²) in [5.74, 6) is -15.7. The van der Waals surface area contributed by atoms with Crippen molar-refractivity contribution >= 4 is 88.7 Å². The van der Waals surface area contributed by atoms with E-state index in [1.807, 2.05) is 64.1 Å². The van der Waals surface area contributed by atoms with E-state index in [9.17, 15) is 63.2 Å². The molecule has 6 heterocycles. The van der Waals surface area contributed by atoms with Crippen LogP contribution in [0.4, 0.5) is 17.6 Å². The number of Topliss-reactive ketones (excluding diaryl/α,β-unsaturated/α-hetero) is 2. The van der Waals surface area contributed by atoms with Crippen molar-refractivity contribution in [3.63, 3.8) is 0 Å². The topological polar surface area (TPSA) is 317 Å². The van der Waals surface area contributed by atoms with Gasteiger partial charge in [0.1, 0.15) is 23.7 Å². The molecule has 8 aliphatic rings. The summed E-state index contributed by atoms with van der Waals surface area (Å²) in [5, 5.41) is 2.62. The number of sulfonamides is 2. The number of halogens is 4. The number of carbonyl (C=O) groups is 8. The smallest absolute Gasteiger partial charge is 0.307 e. The normalized spacial score (nSPS) is 30.6. The first-order valence-corrected chi connectivity index (χ1v) is 43.3. The molecule has 4 aliphatic carbocycles. The third-order valence-corrected chi connectivity index (χ3v) is 29.3. The molecule has 116 heavy (non-hydrogen) atoms. The lowest BCUT2D eigenvalue weighted by molar-refractivity contribution is -0.197. The predicted molar refractivity (Wildman–Crippen MR) is 425 cm³/mol. The van der Waals surface area contributed by atoms with Gasteiger partial charge in [-0.05, 0) is 166 Å². The zero-order valence-corrected chi connectivity index (χ0v) is 69.7. The zero-order chi connectivity index (χ0) is 89.8. The van der Waals surface area contributed by atoms with Gasteiger partial charge in [0.25, 0.3) is 11.8 Å². The quantitative estimate of drug-likeness (QED) is 0.0419. The molecule has 2 aromatic heterocycles. The lowest BCUT2D eigenvalue weighted by atomic mass is 9.79. The molecule has 0 radical (unpaired) electrons. The van der Waals surface area contributed by atoms with Crippen LogP contribution in [0.2, 0.25) is 0 Å². The van der Waals surface area contributed by atoms with Gasteiger partial charge in [-0.25, -0.2) is 44.4 Å². The predicted octanol–water partition coefficient (Wildman–Crippen LogP) is 13.9. The van der Waals surface area contributed by atoms with Crippen molar-refractivity contribution in [2.75, 3.05) is 27.3 Å². The van der Waals surface area contributed by atoms with Crippen LogP contribution in [0.3, 0.4) is 0 Å². The first-order chi connectivity index (χ1) is 56.8. The molecule has 0 unspecified atom stereocenters. The van der Waals surface area contributed by atoms with Gasteiger partial charge in [-0.15, -0.1) is 0 Å². The van der Waals surface area contributed by atoms with Crippen LogP contribution < -0.4 is 28.4 Å². The second-order valence-electron chi connectivity index (χ2n) is 34.8. The minimum Gasteiger partial charge on any atom is -0.494 e. The Morgan fingerprint density at radius 3 is 1.23 bits per heavy atom. The average Bonchev–Trinajstić information content (AvgIpc) is 1.55. The monoisotopic (exact) mass is 1660 g/mol. The second-order valence-corrected chi connectivity index (χ2v) is 38.8. The summed E-state index contributed by atoms with van der Waals surface area (Å²) in [6, 6.07) is 12.0. The molecular formula is C86H114F4N6O18S2. The highest BCUT2D eigenvalue weighted by molar-refractivity contribution is 7.92. The molecule has 14 atom stereocenters. The van der Waals surface area contributed by atoms with Crippen LogP contribution in [0.5, 0.6) is 23.3 Å². The summed E-state index contributed by atoms with van der Waals surface area (Å²) < 4.78 is 194. The first-order valence-electron chi connectivity index (χ1n) is 43.3. The number of ether oxygens (including phenoxy) is 6. The Bertz CT molecular complexity index is 4650. The van der Waals surface area contributed by atoms with E-state index in [0.29, 0.717) is 98.3 Å². The van der Waals surface area contributed by atoms with E-state index in [4.69, 9.17) is 36.6 Å². The van der Waals surface area contributed by atoms with Gasteiger partial charge in [0, 0.05) is 69.3 Å². The number of esters is 2. The molecule has 4 aromatic rings. The molecule has 6 fully saturated rings. The number of fused-ring (bicyclic) bond motifs is 6. The van der Waals surface area contributed by atoms with Crippen LogP contribution in [0.1, 0.15) is 220 Å². The van der Waals surface area contributed by atoms with E-state index in [2.05, 4.69) is 19.4 Å². The molecule has 0 bridgehead atoms. The number of alkyl halides is 4. The summed E-state index contributed by atoms with van der Waals surface area (Å²) in [6.07, 6.45) is 10.5. The lowest BCUT2D eigenvalue weighted by Crippen LogP contribution is -2.49. The third-order valence-electron chi connectivity index (χ3n) is 25.6. The van der Waals surface area contributed by atoms with Gasteiger partial charge in [0.2, 0.25) is 55.4 Å². The number of hydrogen-bond donors (Lipinski definition) is 2. The molecule has 24 nitrogen and oxygen atoms in total.